The summed E-state index contributed by atoms with van der Waals surface area (Å²) in [6, 6.07) is -0.585. The molecule has 1 saturated heterocycles. The zero-order valence-electron chi connectivity index (χ0n) is 20.6. The lowest BCUT2D eigenvalue weighted by Gasteiger charge is -2.55. The molecule has 0 bridgehead atoms. The van der Waals surface area contributed by atoms with Gasteiger partial charge in [0.15, 0.2) is 5.60 Å². The van der Waals surface area contributed by atoms with Crippen LogP contribution < -0.4 is 21.7 Å². The maximum atomic E-state index is 13.7. The molecule has 8 unspecified atom stereocenters. The number of amides is 2. The fraction of sp³-hybridized carbons (Fsp3) is 0.680. The molecule has 1 aliphatic heterocycles. The van der Waals surface area contributed by atoms with Crippen LogP contribution in [0.3, 0.4) is 0 Å². The minimum absolute atomic E-state index is 0.130. The predicted octanol–water partition coefficient (Wildman–Crippen LogP) is -3.30. The maximum absolute atomic E-state index is 13.7. The molecule has 13 heteroatoms. The highest BCUT2D eigenvalue weighted by atomic mass is 16.4. The summed E-state index contributed by atoms with van der Waals surface area (Å²) in [6.07, 6.45) is -0.102. The van der Waals surface area contributed by atoms with Crippen molar-refractivity contribution in [2.24, 2.45) is 41.2 Å². The van der Waals surface area contributed by atoms with Crippen molar-refractivity contribution >= 4 is 23.4 Å². The monoisotopic (exact) mass is 534 g/mol. The number of aliphatic hydroxyl groups excluding tert-OH is 4. The Morgan fingerprint density at radius 3 is 2.50 bits per heavy atom. The van der Waals surface area contributed by atoms with Crippen LogP contribution in [0.4, 0.5) is 0 Å². The molecule has 38 heavy (non-hydrogen) atoms. The van der Waals surface area contributed by atoms with Gasteiger partial charge in [-0.05, 0) is 30.6 Å². The van der Waals surface area contributed by atoms with E-state index in [2.05, 4.69) is 16.0 Å². The van der Waals surface area contributed by atoms with E-state index in [0.717, 1.165) is 0 Å². The second-order valence-electron chi connectivity index (χ2n) is 11.2. The predicted molar refractivity (Wildman–Crippen MR) is 128 cm³/mol. The molecule has 0 aromatic heterocycles. The number of Topliss-reactive ketones (excluding diaryl/α,β-unsaturated/α-hetero) is 2. The molecular formula is C25H34N4O9. The maximum Gasteiger partial charge on any atom is 0.255 e. The first-order valence-corrected chi connectivity index (χ1v) is 12.9. The molecule has 0 spiro atoms. The second-order valence-corrected chi connectivity index (χ2v) is 11.2. The van der Waals surface area contributed by atoms with Gasteiger partial charge in [-0.1, -0.05) is 12.2 Å². The van der Waals surface area contributed by atoms with Gasteiger partial charge in [0.1, 0.15) is 29.4 Å². The normalized spacial score (nSPS) is 44.6. The van der Waals surface area contributed by atoms with Gasteiger partial charge in [-0.15, -0.1) is 0 Å². The van der Waals surface area contributed by atoms with Crippen molar-refractivity contribution in [2.75, 3.05) is 13.2 Å². The average molecular weight is 535 g/mol. The SMILES string of the molecule is NC(=O)C1=C(O)C[C@@H]2C[C@@H]3CC4C(CNC(=O)C5CC(O)NCN5)C=CC(O)C4C(=O)C3C(O)[C@]2(O)C1=O. The number of hydrogen-bond acceptors (Lipinski definition) is 11. The van der Waals surface area contributed by atoms with E-state index in [1.165, 1.54) is 6.08 Å². The molecule has 0 aromatic rings. The van der Waals surface area contributed by atoms with Gasteiger partial charge in [-0.2, -0.15) is 0 Å². The largest absolute Gasteiger partial charge is 0.511 e. The van der Waals surface area contributed by atoms with Crippen LogP contribution in [0.2, 0.25) is 0 Å². The van der Waals surface area contributed by atoms with E-state index in [0.29, 0.717) is 6.42 Å². The lowest BCUT2D eigenvalue weighted by molar-refractivity contribution is -0.199. The van der Waals surface area contributed by atoms with E-state index >= 15 is 0 Å². The average Bonchev–Trinajstić information content (AvgIpc) is 2.85. The van der Waals surface area contributed by atoms with E-state index in [9.17, 15) is 44.7 Å². The Morgan fingerprint density at radius 2 is 1.82 bits per heavy atom. The molecule has 208 valence electrons. The van der Waals surface area contributed by atoms with Crippen LogP contribution in [0.15, 0.2) is 23.5 Å². The number of nitrogens with one attached hydrogen (secondary N) is 3. The van der Waals surface area contributed by atoms with Gasteiger partial charge >= 0.3 is 0 Å². The Bertz CT molecular complexity index is 1110. The van der Waals surface area contributed by atoms with Crippen LogP contribution in [0.25, 0.3) is 0 Å². The highest BCUT2D eigenvalue weighted by molar-refractivity contribution is 6.23. The van der Waals surface area contributed by atoms with Gasteiger partial charge in [0.25, 0.3) is 5.91 Å². The van der Waals surface area contributed by atoms with E-state index in [-0.39, 0.29) is 50.2 Å². The number of primary amides is 1. The Kier molecular flexibility index (Phi) is 6.95. The van der Waals surface area contributed by atoms with Crippen molar-refractivity contribution in [2.45, 2.75) is 55.8 Å². The molecule has 5 rings (SSSR count). The van der Waals surface area contributed by atoms with Crippen LogP contribution in [-0.2, 0) is 19.2 Å². The Morgan fingerprint density at radius 1 is 1.08 bits per heavy atom. The van der Waals surface area contributed by atoms with Crippen LogP contribution >= 0.6 is 0 Å². The van der Waals surface area contributed by atoms with Gasteiger partial charge in [-0.25, -0.2) is 0 Å². The quantitative estimate of drug-likeness (QED) is 0.128. The minimum atomic E-state index is -2.46. The second kappa shape index (κ2) is 9.81. The molecule has 2 saturated carbocycles. The summed E-state index contributed by atoms with van der Waals surface area (Å²) < 4.78 is 0. The van der Waals surface area contributed by atoms with Crippen molar-refractivity contribution in [3.63, 3.8) is 0 Å². The van der Waals surface area contributed by atoms with E-state index < -0.39 is 82.6 Å². The van der Waals surface area contributed by atoms with Crippen LogP contribution in [0.1, 0.15) is 25.7 Å². The van der Waals surface area contributed by atoms with Gasteiger partial charge in [0, 0.05) is 32.0 Å². The molecule has 11 atom stereocenters. The van der Waals surface area contributed by atoms with E-state index in [4.69, 9.17) is 5.73 Å². The molecule has 2 amide bonds. The molecule has 10 N–H and O–H groups in total. The Hall–Kier alpha value is -2.68. The molecular weight excluding hydrogens is 500 g/mol. The number of fused-ring (bicyclic) bond motifs is 3. The van der Waals surface area contributed by atoms with E-state index in [1.807, 2.05) is 0 Å². The number of carbonyl (C=O) groups is 4. The third-order valence-corrected chi connectivity index (χ3v) is 9.21. The van der Waals surface area contributed by atoms with Crippen molar-refractivity contribution in [3.8, 4) is 0 Å². The van der Waals surface area contributed by atoms with E-state index in [1.54, 1.807) is 6.08 Å². The van der Waals surface area contributed by atoms with Gasteiger partial charge in [0.2, 0.25) is 11.7 Å². The zero-order valence-corrected chi connectivity index (χ0v) is 20.6. The summed E-state index contributed by atoms with van der Waals surface area (Å²) in [5.41, 5.74) is 2.00. The summed E-state index contributed by atoms with van der Waals surface area (Å²) >= 11 is 0. The van der Waals surface area contributed by atoms with Crippen molar-refractivity contribution in [1.29, 1.82) is 0 Å². The summed E-state index contributed by atoms with van der Waals surface area (Å²) in [5, 5.41) is 62.0. The number of nitrogens with two attached hydrogens (primary N) is 1. The van der Waals surface area contributed by atoms with Gasteiger partial charge in [-0.3, -0.25) is 29.8 Å². The summed E-state index contributed by atoms with van der Waals surface area (Å²) in [5.74, 6) is -7.91. The molecule has 4 aliphatic carbocycles. The topological polar surface area (TPSA) is 232 Å². The number of hydrogen-bond donors (Lipinski definition) is 9. The molecule has 0 aromatic carbocycles. The molecule has 1 heterocycles. The smallest absolute Gasteiger partial charge is 0.255 e. The Balaban J connectivity index is 1.36. The van der Waals surface area contributed by atoms with Crippen molar-refractivity contribution in [1.82, 2.24) is 16.0 Å². The van der Waals surface area contributed by atoms with Crippen molar-refractivity contribution < 1.29 is 44.7 Å². The Labute approximate surface area is 218 Å². The summed E-state index contributed by atoms with van der Waals surface area (Å²) in [7, 11) is 0. The van der Waals surface area contributed by atoms with Crippen LogP contribution in [0.5, 0.6) is 0 Å². The first-order valence-electron chi connectivity index (χ1n) is 12.9. The molecule has 5 aliphatic rings. The standard InChI is InChI=1S/C25H34N4O9/c26-23(36)19-15(31)5-11-3-10-4-12-9(7-27-24(37)13-6-16(32)29-8-28-13)1-2-14(30)18(12)20(33)17(10)21(34)25(11,38)22(19)35/h1-2,9-14,16-18,21,28-32,34,38H,3-8H2,(H2,26,36)(H,27,37)/t9?,10-,11+,12?,13?,14?,16?,17?,18?,21?,25+/m1/s1. The highest BCUT2D eigenvalue weighted by Gasteiger charge is 2.65. The first-order chi connectivity index (χ1) is 17.9. The number of allylic oxidation sites excluding steroid dienone is 1. The number of carbonyl (C=O) groups excluding carboxylic acids is 4. The minimum Gasteiger partial charge on any atom is -0.511 e. The lowest BCUT2D eigenvalue weighted by Crippen LogP contribution is -2.68. The van der Waals surface area contributed by atoms with Crippen molar-refractivity contribution in [3.05, 3.63) is 23.5 Å². The van der Waals surface area contributed by atoms with Gasteiger partial charge in [0.05, 0.1) is 24.0 Å². The molecule has 0 radical (unpaired) electrons. The number of rotatable bonds is 4. The molecule has 3 fully saturated rings. The number of ketones is 2. The third-order valence-electron chi connectivity index (χ3n) is 9.21. The summed E-state index contributed by atoms with van der Waals surface area (Å²) in [4.78, 5) is 51.2. The van der Waals surface area contributed by atoms with Crippen LogP contribution in [-0.4, -0.2) is 92.2 Å². The zero-order chi connectivity index (χ0) is 27.5. The highest BCUT2D eigenvalue weighted by Crippen LogP contribution is 2.55. The lowest BCUT2D eigenvalue weighted by atomic mass is 9.50. The van der Waals surface area contributed by atoms with Gasteiger partial charge < -0.3 is 36.6 Å². The fourth-order valence-corrected chi connectivity index (χ4v) is 7.34. The summed E-state index contributed by atoms with van der Waals surface area (Å²) in [6.45, 7) is 0.469. The first kappa shape index (κ1) is 26.9. The fourth-order valence-electron chi connectivity index (χ4n) is 7.34. The molecule has 13 nitrogen and oxygen atoms in total. The van der Waals surface area contributed by atoms with Crippen LogP contribution in [0, 0.1) is 35.5 Å². The third kappa shape index (κ3) is 4.17. The number of aliphatic hydroxyl groups is 5.